The van der Waals surface area contributed by atoms with Crippen molar-refractivity contribution in [2.45, 2.75) is 34.1 Å². The Bertz CT molecular complexity index is 1210. The number of H-pyrrole nitrogens is 1. The Morgan fingerprint density at radius 3 is 2.20 bits per heavy atom. The van der Waals surface area contributed by atoms with E-state index in [1.807, 2.05) is 39.8 Å². The van der Waals surface area contributed by atoms with Crippen molar-refractivity contribution >= 4 is 34.2 Å². The molecular weight excluding hydrogens is 471 g/mol. The van der Waals surface area contributed by atoms with E-state index in [9.17, 15) is 18.8 Å². The van der Waals surface area contributed by atoms with Crippen LogP contribution in [0.2, 0.25) is 0 Å². The zero-order chi connectivity index (χ0) is 26.0. The van der Waals surface area contributed by atoms with Crippen molar-refractivity contribution in [1.29, 1.82) is 0 Å². The van der Waals surface area contributed by atoms with Crippen LogP contribution in [0, 0.1) is 5.82 Å². The van der Waals surface area contributed by atoms with Crippen molar-refractivity contribution in [3.8, 4) is 0 Å². The molecular formula is C26H32ClFN4O3. The first kappa shape index (κ1) is 28.0. The molecule has 2 amide bonds. The first-order valence-corrected chi connectivity index (χ1v) is 12.4. The predicted octanol–water partition coefficient (Wildman–Crippen LogP) is 4.23. The number of amides is 2. The summed E-state index contributed by atoms with van der Waals surface area (Å²) in [6, 6.07) is 11.5. The predicted molar refractivity (Wildman–Crippen MR) is 137 cm³/mol. The number of carbonyl (C=O) groups excluding carboxylic acids is 2. The number of piperazine rings is 1. The maximum atomic E-state index is 14.5. The molecule has 7 nitrogen and oxygen atoms in total. The summed E-state index contributed by atoms with van der Waals surface area (Å²) in [6.45, 7) is 9.37. The Hall–Kier alpha value is -3.26. The third kappa shape index (κ3) is 6.66. The Balaban J connectivity index is 0.00000103. The van der Waals surface area contributed by atoms with Gasteiger partial charge in [-0.15, -0.1) is 11.6 Å². The zero-order valence-corrected chi connectivity index (χ0v) is 21.4. The van der Waals surface area contributed by atoms with Gasteiger partial charge in [0.15, 0.2) is 0 Å². The lowest BCUT2D eigenvalue weighted by molar-refractivity contribution is -0.129. The van der Waals surface area contributed by atoms with E-state index in [4.69, 9.17) is 11.6 Å². The number of aromatic nitrogens is 2. The number of nitrogens with zero attached hydrogens (tertiary/aromatic N) is 3. The fourth-order valence-electron chi connectivity index (χ4n) is 3.76. The van der Waals surface area contributed by atoms with Gasteiger partial charge in [0.1, 0.15) is 11.7 Å². The number of rotatable bonds is 4. The van der Waals surface area contributed by atoms with Crippen molar-refractivity contribution in [2.75, 3.05) is 32.1 Å². The lowest BCUT2D eigenvalue weighted by Crippen LogP contribution is -2.51. The van der Waals surface area contributed by atoms with Crippen molar-refractivity contribution < 1.29 is 14.0 Å². The first-order chi connectivity index (χ1) is 17.0. The fourth-order valence-corrected chi connectivity index (χ4v) is 3.93. The Morgan fingerprint density at radius 2 is 1.57 bits per heavy atom. The molecule has 1 aliphatic heterocycles. The second-order valence-corrected chi connectivity index (χ2v) is 7.61. The number of fused-ring (bicyclic) bond motifs is 1. The summed E-state index contributed by atoms with van der Waals surface area (Å²) < 4.78 is 14.5. The number of carbonyl (C=O) groups is 2. The number of nitrogens with one attached hydrogen (secondary N) is 1. The summed E-state index contributed by atoms with van der Waals surface area (Å²) in [7, 11) is 0. The topological polar surface area (TPSA) is 86.4 Å². The van der Waals surface area contributed by atoms with Gasteiger partial charge in [-0.3, -0.25) is 14.4 Å². The van der Waals surface area contributed by atoms with Crippen LogP contribution in [0.15, 0.2) is 47.3 Å². The molecule has 1 saturated heterocycles. The van der Waals surface area contributed by atoms with E-state index in [-0.39, 0.29) is 22.9 Å². The van der Waals surface area contributed by atoms with E-state index in [1.54, 1.807) is 23.1 Å². The smallest absolute Gasteiger partial charge is 0.272 e. The molecule has 9 heteroatoms. The van der Waals surface area contributed by atoms with Gasteiger partial charge in [-0.05, 0) is 23.8 Å². The summed E-state index contributed by atoms with van der Waals surface area (Å²) in [4.78, 5) is 39.7. The highest BCUT2D eigenvalue weighted by Crippen LogP contribution is 2.20. The third-order valence-corrected chi connectivity index (χ3v) is 5.67. The molecule has 4 rings (SSSR count). The van der Waals surface area contributed by atoms with Crippen molar-refractivity contribution in [1.82, 2.24) is 20.0 Å². The van der Waals surface area contributed by atoms with Gasteiger partial charge in [0.2, 0.25) is 5.91 Å². The first-order valence-electron chi connectivity index (χ1n) is 11.9. The molecule has 2 aromatic carbocycles. The van der Waals surface area contributed by atoms with Crippen molar-refractivity contribution in [3.05, 3.63) is 75.5 Å². The molecule has 0 atom stereocenters. The highest BCUT2D eigenvalue weighted by atomic mass is 35.5. The van der Waals surface area contributed by atoms with E-state index in [0.717, 1.165) is 0 Å². The van der Waals surface area contributed by atoms with Crippen LogP contribution in [-0.2, 0) is 11.2 Å². The molecule has 0 spiro atoms. The van der Waals surface area contributed by atoms with Gasteiger partial charge in [-0.2, -0.15) is 5.10 Å². The van der Waals surface area contributed by atoms with Crippen LogP contribution in [0.25, 0.3) is 10.8 Å². The van der Waals surface area contributed by atoms with Crippen LogP contribution in [0.5, 0.6) is 0 Å². The summed E-state index contributed by atoms with van der Waals surface area (Å²) in [5.41, 5.74) is 1.03. The van der Waals surface area contributed by atoms with Gasteiger partial charge in [-0.1, -0.05) is 52.0 Å². The lowest BCUT2D eigenvalue weighted by atomic mass is 10.0. The molecule has 1 N–H and O–H groups in total. The quantitative estimate of drug-likeness (QED) is 0.541. The van der Waals surface area contributed by atoms with Gasteiger partial charge in [0.05, 0.1) is 16.6 Å². The summed E-state index contributed by atoms with van der Waals surface area (Å²) in [5, 5.41) is 7.87. The van der Waals surface area contributed by atoms with E-state index in [2.05, 4.69) is 10.2 Å². The summed E-state index contributed by atoms with van der Waals surface area (Å²) >= 11 is 5.58. The van der Waals surface area contributed by atoms with Crippen LogP contribution in [0.1, 0.15) is 49.3 Å². The minimum absolute atomic E-state index is 0.0247. The minimum atomic E-state index is -0.604. The van der Waals surface area contributed by atoms with Gasteiger partial charge in [0, 0.05) is 38.0 Å². The molecule has 0 aliphatic carbocycles. The Morgan fingerprint density at radius 1 is 0.971 bits per heavy atom. The average molecular weight is 503 g/mol. The average Bonchev–Trinajstić information content (AvgIpc) is 2.93. The van der Waals surface area contributed by atoms with E-state index in [0.29, 0.717) is 54.6 Å². The number of hydrogen-bond acceptors (Lipinski definition) is 4. The molecule has 3 aromatic rings. The molecule has 1 aliphatic rings. The monoisotopic (exact) mass is 502 g/mol. The lowest BCUT2D eigenvalue weighted by Gasteiger charge is -2.34. The van der Waals surface area contributed by atoms with Gasteiger partial charge in [0.25, 0.3) is 11.5 Å². The minimum Gasteiger partial charge on any atom is -0.338 e. The van der Waals surface area contributed by atoms with E-state index < -0.39 is 11.7 Å². The Kier molecular flexibility index (Phi) is 10.9. The van der Waals surface area contributed by atoms with Crippen molar-refractivity contribution in [3.63, 3.8) is 0 Å². The SMILES string of the molecule is CC.CC.O=C(CCl)N1CCN(C(=O)c2cc(Cc3n[nH]c(=O)c4ccccc34)ccc2F)CC1. The van der Waals surface area contributed by atoms with E-state index >= 15 is 0 Å². The van der Waals surface area contributed by atoms with Gasteiger partial charge < -0.3 is 9.80 Å². The second kappa shape index (κ2) is 13.6. The van der Waals surface area contributed by atoms with Crippen LogP contribution in [-0.4, -0.2) is 63.9 Å². The normalized spacial score (nSPS) is 12.9. The fraction of sp³-hybridized carbons (Fsp3) is 0.385. The van der Waals surface area contributed by atoms with Crippen LogP contribution >= 0.6 is 11.6 Å². The second-order valence-electron chi connectivity index (χ2n) is 7.34. The van der Waals surface area contributed by atoms with Crippen LogP contribution in [0.4, 0.5) is 4.39 Å². The molecule has 0 radical (unpaired) electrons. The molecule has 35 heavy (non-hydrogen) atoms. The number of halogens is 2. The number of benzene rings is 2. The maximum Gasteiger partial charge on any atom is 0.272 e. The number of hydrogen-bond donors (Lipinski definition) is 1. The molecule has 1 aromatic heterocycles. The molecule has 0 bridgehead atoms. The Labute approximate surface area is 209 Å². The van der Waals surface area contributed by atoms with Crippen molar-refractivity contribution in [2.24, 2.45) is 0 Å². The molecule has 1 fully saturated rings. The highest BCUT2D eigenvalue weighted by molar-refractivity contribution is 6.27. The highest BCUT2D eigenvalue weighted by Gasteiger charge is 2.26. The molecule has 0 saturated carbocycles. The third-order valence-electron chi connectivity index (χ3n) is 5.44. The number of alkyl halides is 1. The summed E-state index contributed by atoms with van der Waals surface area (Å²) in [6.07, 6.45) is 0.329. The largest absolute Gasteiger partial charge is 0.338 e. The van der Waals surface area contributed by atoms with Gasteiger partial charge in [-0.25, -0.2) is 9.49 Å². The molecule has 0 unspecified atom stereocenters. The summed E-state index contributed by atoms with van der Waals surface area (Å²) in [5.74, 6) is -1.30. The van der Waals surface area contributed by atoms with Crippen LogP contribution < -0.4 is 5.56 Å². The zero-order valence-electron chi connectivity index (χ0n) is 20.6. The van der Waals surface area contributed by atoms with Crippen LogP contribution in [0.3, 0.4) is 0 Å². The standard InChI is InChI=1S/C22H20ClFN4O3.2C2H6/c23-13-20(29)27-7-9-28(10-8-27)22(31)17-11-14(5-6-18(17)24)12-19-15-3-1-2-4-16(15)21(30)26-25-19;2*1-2/h1-6,11H,7-10,12-13H2,(H,26,30);2*1-2H3. The van der Waals surface area contributed by atoms with Gasteiger partial charge >= 0.3 is 0 Å². The van der Waals surface area contributed by atoms with E-state index in [1.165, 1.54) is 17.0 Å². The maximum absolute atomic E-state index is 14.5. The molecule has 2 heterocycles. The number of aromatic amines is 1. The molecule has 188 valence electrons.